The fourth-order valence-electron chi connectivity index (χ4n) is 2.26. The Morgan fingerprint density at radius 3 is 3.06 bits per heavy atom. The van der Waals surface area contributed by atoms with Crippen molar-refractivity contribution in [3.8, 4) is 6.07 Å². The number of anilines is 1. The third-order valence-corrected chi connectivity index (χ3v) is 3.22. The minimum absolute atomic E-state index is 0.595. The first kappa shape index (κ1) is 10.8. The SMILES string of the molecule is N#Cc1ccc(N2CCCc3[nH]ncc3C2)nc1. The molecule has 0 aromatic carbocycles. The van der Waals surface area contributed by atoms with Crippen molar-refractivity contribution < 1.29 is 0 Å². The summed E-state index contributed by atoms with van der Waals surface area (Å²) in [5, 5.41) is 15.9. The normalized spacial score (nSPS) is 14.7. The zero-order chi connectivity index (χ0) is 12.4. The summed E-state index contributed by atoms with van der Waals surface area (Å²) in [7, 11) is 0. The number of nitrogens with zero attached hydrogens (tertiary/aromatic N) is 4. The monoisotopic (exact) mass is 239 g/mol. The van der Waals surface area contributed by atoms with E-state index >= 15 is 0 Å². The number of aromatic nitrogens is 3. The van der Waals surface area contributed by atoms with Gasteiger partial charge in [0.05, 0.1) is 11.8 Å². The molecule has 1 aliphatic heterocycles. The van der Waals surface area contributed by atoms with Gasteiger partial charge in [-0.3, -0.25) is 5.10 Å². The lowest BCUT2D eigenvalue weighted by Gasteiger charge is -2.21. The highest BCUT2D eigenvalue weighted by molar-refractivity contribution is 5.43. The maximum atomic E-state index is 8.77. The molecule has 0 radical (unpaired) electrons. The van der Waals surface area contributed by atoms with Crippen LogP contribution in [0.3, 0.4) is 0 Å². The lowest BCUT2D eigenvalue weighted by Crippen LogP contribution is -2.23. The van der Waals surface area contributed by atoms with Gasteiger partial charge in [0, 0.05) is 30.5 Å². The maximum Gasteiger partial charge on any atom is 0.128 e. The molecular weight excluding hydrogens is 226 g/mol. The first-order valence-electron chi connectivity index (χ1n) is 5.99. The molecule has 0 fully saturated rings. The summed E-state index contributed by atoms with van der Waals surface area (Å²) < 4.78 is 0. The molecule has 2 aromatic heterocycles. The van der Waals surface area contributed by atoms with Gasteiger partial charge < -0.3 is 4.90 Å². The summed E-state index contributed by atoms with van der Waals surface area (Å²) in [4.78, 5) is 6.57. The molecule has 5 heteroatoms. The number of H-pyrrole nitrogens is 1. The fraction of sp³-hybridized carbons (Fsp3) is 0.308. The lowest BCUT2D eigenvalue weighted by atomic mass is 10.2. The number of rotatable bonds is 1. The van der Waals surface area contributed by atoms with Crippen molar-refractivity contribution in [2.24, 2.45) is 0 Å². The average Bonchev–Trinajstić information content (AvgIpc) is 2.76. The van der Waals surface area contributed by atoms with E-state index in [4.69, 9.17) is 5.26 Å². The molecule has 90 valence electrons. The van der Waals surface area contributed by atoms with Crippen molar-refractivity contribution in [3.05, 3.63) is 41.3 Å². The Balaban J connectivity index is 1.86. The van der Waals surface area contributed by atoms with Crippen LogP contribution in [0.25, 0.3) is 0 Å². The second-order valence-corrected chi connectivity index (χ2v) is 4.42. The van der Waals surface area contributed by atoms with E-state index in [-0.39, 0.29) is 0 Å². The highest BCUT2D eigenvalue weighted by Gasteiger charge is 2.16. The zero-order valence-electron chi connectivity index (χ0n) is 9.93. The first-order valence-corrected chi connectivity index (χ1v) is 5.99. The number of pyridine rings is 1. The average molecular weight is 239 g/mol. The molecule has 0 aliphatic carbocycles. The smallest absolute Gasteiger partial charge is 0.128 e. The van der Waals surface area contributed by atoms with Crippen molar-refractivity contribution in [2.45, 2.75) is 19.4 Å². The number of hydrogen-bond donors (Lipinski definition) is 1. The fourth-order valence-corrected chi connectivity index (χ4v) is 2.26. The predicted molar refractivity (Wildman–Crippen MR) is 66.9 cm³/mol. The number of nitriles is 1. The zero-order valence-corrected chi connectivity index (χ0v) is 9.93. The van der Waals surface area contributed by atoms with Crippen molar-refractivity contribution in [1.29, 1.82) is 5.26 Å². The largest absolute Gasteiger partial charge is 0.352 e. The van der Waals surface area contributed by atoms with Crippen molar-refractivity contribution in [1.82, 2.24) is 15.2 Å². The minimum Gasteiger partial charge on any atom is -0.352 e. The summed E-state index contributed by atoms with van der Waals surface area (Å²) in [6.07, 6.45) is 5.62. The van der Waals surface area contributed by atoms with Gasteiger partial charge in [-0.25, -0.2) is 4.98 Å². The van der Waals surface area contributed by atoms with Crippen LogP contribution in [0.5, 0.6) is 0 Å². The summed E-state index contributed by atoms with van der Waals surface area (Å²) in [5.74, 6) is 0.919. The summed E-state index contributed by atoms with van der Waals surface area (Å²) in [5.41, 5.74) is 3.06. The molecule has 0 bridgehead atoms. The molecule has 0 spiro atoms. The second kappa shape index (κ2) is 4.49. The Kier molecular flexibility index (Phi) is 2.69. The Labute approximate surface area is 105 Å². The van der Waals surface area contributed by atoms with Gasteiger partial charge in [-0.1, -0.05) is 0 Å². The van der Waals surface area contributed by atoms with E-state index < -0.39 is 0 Å². The molecule has 2 aromatic rings. The molecule has 0 saturated carbocycles. The number of fused-ring (bicyclic) bond motifs is 1. The molecular formula is C13H13N5. The van der Waals surface area contributed by atoms with Crippen LogP contribution in [0.1, 0.15) is 23.2 Å². The Morgan fingerprint density at radius 2 is 2.28 bits per heavy atom. The van der Waals surface area contributed by atoms with Gasteiger partial charge in [0.25, 0.3) is 0 Å². The Morgan fingerprint density at radius 1 is 1.33 bits per heavy atom. The predicted octanol–water partition coefficient (Wildman–Crippen LogP) is 1.63. The minimum atomic E-state index is 0.595. The van der Waals surface area contributed by atoms with Crippen LogP contribution in [-0.2, 0) is 13.0 Å². The molecule has 0 saturated heterocycles. The summed E-state index contributed by atoms with van der Waals surface area (Å²) in [6, 6.07) is 5.80. The van der Waals surface area contributed by atoms with Crippen LogP contribution >= 0.6 is 0 Å². The van der Waals surface area contributed by atoms with Crippen LogP contribution < -0.4 is 4.90 Å². The Hall–Kier alpha value is -2.35. The first-order chi connectivity index (χ1) is 8.86. The van der Waals surface area contributed by atoms with Gasteiger partial charge in [0.1, 0.15) is 11.9 Å². The Bertz CT molecular complexity index is 578. The van der Waals surface area contributed by atoms with Crippen LogP contribution in [0.2, 0.25) is 0 Å². The highest BCUT2D eigenvalue weighted by Crippen LogP contribution is 2.20. The molecule has 3 rings (SSSR count). The van der Waals surface area contributed by atoms with E-state index in [1.165, 1.54) is 11.3 Å². The third kappa shape index (κ3) is 1.93. The van der Waals surface area contributed by atoms with E-state index in [9.17, 15) is 0 Å². The van der Waals surface area contributed by atoms with E-state index in [0.29, 0.717) is 5.56 Å². The van der Waals surface area contributed by atoms with Crippen LogP contribution in [0, 0.1) is 11.3 Å². The number of aromatic amines is 1. The van der Waals surface area contributed by atoms with E-state index in [2.05, 4.69) is 26.2 Å². The van der Waals surface area contributed by atoms with Crippen LogP contribution in [0.15, 0.2) is 24.5 Å². The quantitative estimate of drug-likeness (QED) is 0.821. The van der Waals surface area contributed by atoms with Gasteiger partial charge in [0.15, 0.2) is 0 Å². The van der Waals surface area contributed by atoms with E-state index in [0.717, 1.165) is 31.7 Å². The topological polar surface area (TPSA) is 68.6 Å². The van der Waals surface area contributed by atoms with Crippen LogP contribution in [0.4, 0.5) is 5.82 Å². The summed E-state index contributed by atoms with van der Waals surface area (Å²) in [6.45, 7) is 1.80. The molecule has 1 N–H and O–H groups in total. The maximum absolute atomic E-state index is 8.77. The molecule has 18 heavy (non-hydrogen) atoms. The van der Waals surface area contributed by atoms with Crippen molar-refractivity contribution in [2.75, 3.05) is 11.4 Å². The third-order valence-electron chi connectivity index (χ3n) is 3.22. The summed E-state index contributed by atoms with van der Waals surface area (Å²) >= 11 is 0. The van der Waals surface area contributed by atoms with E-state index in [1.807, 2.05) is 18.3 Å². The van der Waals surface area contributed by atoms with Gasteiger partial charge >= 0.3 is 0 Å². The van der Waals surface area contributed by atoms with Gasteiger partial charge in [-0.15, -0.1) is 0 Å². The highest BCUT2D eigenvalue weighted by atomic mass is 15.2. The van der Waals surface area contributed by atoms with E-state index in [1.54, 1.807) is 6.20 Å². The number of aryl methyl sites for hydroxylation is 1. The lowest BCUT2D eigenvalue weighted by molar-refractivity contribution is 0.744. The van der Waals surface area contributed by atoms with Gasteiger partial charge in [-0.05, 0) is 25.0 Å². The second-order valence-electron chi connectivity index (χ2n) is 4.42. The molecule has 3 heterocycles. The standard InChI is InChI=1S/C13H13N5/c14-6-10-3-4-13(15-7-10)18-5-1-2-12-11(9-18)8-16-17-12/h3-4,7-8H,1-2,5,9H2,(H,16,17). The molecule has 0 atom stereocenters. The molecule has 5 nitrogen and oxygen atoms in total. The molecule has 0 unspecified atom stereocenters. The molecule has 1 aliphatic rings. The molecule has 0 amide bonds. The van der Waals surface area contributed by atoms with Gasteiger partial charge in [0.2, 0.25) is 0 Å². The number of hydrogen-bond acceptors (Lipinski definition) is 4. The van der Waals surface area contributed by atoms with Crippen molar-refractivity contribution >= 4 is 5.82 Å². The van der Waals surface area contributed by atoms with Crippen molar-refractivity contribution in [3.63, 3.8) is 0 Å². The van der Waals surface area contributed by atoms with Gasteiger partial charge in [-0.2, -0.15) is 10.4 Å². The number of nitrogens with one attached hydrogen (secondary N) is 1. The van der Waals surface area contributed by atoms with Crippen LogP contribution in [-0.4, -0.2) is 21.7 Å².